The molecule has 0 unspecified atom stereocenters. The van der Waals surface area contributed by atoms with Crippen LogP contribution >= 0.6 is 0 Å². The average molecular weight is 380 g/mol. The highest BCUT2D eigenvalue weighted by Gasteiger charge is 2.19. The van der Waals surface area contributed by atoms with E-state index in [1.807, 2.05) is 47.4 Å². The molecule has 2 heterocycles. The molecule has 0 aromatic heterocycles. The number of hydrogen-bond donors (Lipinski definition) is 1. The van der Waals surface area contributed by atoms with E-state index in [0.717, 1.165) is 55.1 Å². The van der Waals surface area contributed by atoms with Gasteiger partial charge in [0.1, 0.15) is 24.7 Å². The van der Waals surface area contributed by atoms with Crippen molar-refractivity contribution in [2.75, 3.05) is 31.6 Å². The molecule has 0 atom stereocenters. The van der Waals surface area contributed by atoms with Gasteiger partial charge in [-0.1, -0.05) is 0 Å². The standard InChI is InChI=1S/C22H24N2O4/c25-21-10-5-17-15-19(8-9-20(17)23-21)28-14-13-27-18-6-3-16(4-7-18)22(26)24-11-1-2-12-24/h3-4,6-9,15H,1-2,5,10-14H2,(H,23,25). The predicted octanol–water partition coefficient (Wildman–Crippen LogP) is 3.27. The number of hydrogen-bond acceptors (Lipinski definition) is 4. The van der Waals surface area contributed by atoms with Crippen LogP contribution in [0.15, 0.2) is 42.5 Å². The highest BCUT2D eigenvalue weighted by Crippen LogP contribution is 2.26. The van der Waals surface area contributed by atoms with Crippen molar-refractivity contribution in [1.29, 1.82) is 0 Å². The summed E-state index contributed by atoms with van der Waals surface area (Å²) in [7, 11) is 0. The van der Waals surface area contributed by atoms with E-state index in [1.165, 1.54) is 0 Å². The predicted molar refractivity (Wildman–Crippen MR) is 106 cm³/mol. The van der Waals surface area contributed by atoms with Crippen LogP contribution in [0.3, 0.4) is 0 Å². The van der Waals surface area contributed by atoms with Crippen molar-refractivity contribution < 1.29 is 19.1 Å². The molecule has 0 radical (unpaired) electrons. The lowest BCUT2D eigenvalue weighted by Crippen LogP contribution is -2.27. The Balaban J connectivity index is 1.24. The molecular weight excluding hydrogens is 356 g/mol. The topological polar surface area (TPSA) is 67.9 Å². The Hall–Kier alpha value is -3.02. The highest BCUT2D eigenvalue weighted by molar-refractivity contribution is 5.94. The fourth-order valence-corrected chi connectivity index (χ4v) is 3.57. The molecule has 2 amide bonds. The quantitative estimate of drug-likeness (QED) is 0.781. The fraction of sp³-hybridized carbons (Fsp3) is 0.364. The minimum Gasteiger partial charge on any atom is -0.490 e. The summed E-state index contributed by atoms with van der Waals surface area (Å²) >= 11 is 0. The van der Waals surface area contributed by atoms with Gasteiger partial charge < -0.3 is 19.7 Å². The first-order valence-electron chi connectivity index (χ1n) is 9.77. The molecule has 1 saturated heterocycles. The SMILES string of the molecule is O=C1CCc2cc(OCCOc3ccc(C(=O)N4CCCC4)cc3)ccc2N1. The second kappa shape index (κ2) is 8.33. The number of ether oxygens (including phenoxy) is 2. The zero-order chi connectivity index (χ0) is 19.3. The summed E-state index contributed by atoms with van der Waals surface area (Å²) in [4.78, 5) is 25.6. The van der Waals surface area contributed by atoms with Gasteiger partial charge in [-0.05, 0) is 67.3 Å². The van der Waals surface area contributed by atoms with E-state index in [0.29, 0.717) is 25.2 Å². The summed E-state index contributed by atoms with van der Waals surface area (Å²) < 4.78 is 11.5. The van der Waals surface area contributed by atoms with Gasteiger partial charge in [0.25, 0.3) is 5.91 Å². The summed E-state index contributed by atoms with van der Waals surface area (Å²) in [5.74, 6) is 1.64. The van der Waals surface area contributed by atoms with Gasteiger partial charge in [0, 0.05) is 30.8 Å². The Morgan fingerprint density at radius 1 is 0.929 bits per heavy atom. The van der Waals surface area contributed by atoms with Crippen LogP contribution in [0, 0.1) is 0 Å². The van der Waals surface area contributed by atoms with Crippen LogP contribution in [0.2, 0.25) is 0 Å². The maximum Gasteiger partial charge on any atom is 0.253 e. The number of nitrogens with one attached hydrogen (secondary N) is 1. The van der Waals surface area contributed by atoms with E-state index < -0.39 is 0 Å². The van der Waals surface area contributed by atoms with Gasteiger partial charge in [-0.15, -0.1) is 0 Å². The highest BCUT2D eigenvalue weighted by atomic mass is 16.5. The van der Waals surface area contributed by atoms with Gasteiger partial charge >= 0.3 is 0 Å². The van der Waals surface area contributed by atoms with Crippen molar-refractivity contribution in [2.45, 2.75) is 25.7 Å². The third-order valence-corrected chi connectivity index (χ3v) is 5.09. The van der Waals surface area contributed by atoms with Crippen LogP contribution in [-0.2, 0) is 11.2 Å². The van der Waals surface area contributed by atoms with Crippen molar-refractivity contribution in [3.05, 3.63) is 53.6 Å². The number of nitrogens with zero attached hydrogens (tertiary/aromatic N) is 1. The lowest BCUT2D eigenvalue weighted by atomic mass is 10.0. The van der Waals surface area contributed by atoms with Crippen molar-refractivity contribution in [3.8, 4) is 11.5 Å². The maximum absolute atomic E-state index is 12.3. The molecule has 4 rings (SSSR count). The molecule has 2 aliphatic heterocycles. The van der Waals surface area contributed by atoms with Gasteiger partial charge in [0.05, 0.1) is 0 Å². The van der Waals surface area contributed by atoms with Gasteiger partial charge in [-0.2, -0.15) is 0 Å². The Morgan fingerprint density at radius 3 is 2.36 bits per heavy atom. The molecule has 6 nitrogen and oxygen atoms in total. The van der Waals surface area contributed by atoms with E-state index in [-0.39, 0.29) is 11.8 Å². The Kier molecular flexibility index (Phi) is 5.46. The van der Waals surface area contributed by atoms with Crippen LogP contribution in [0.5, 0.6) is 11.5 Å². The van der Waals surface area contributed by atoms with Crippen LogP contribution in [0.25, 0.3) is 0 Å². The molecule has 146 valence electrons. The summed E-state index contributed by atoms with van der Waals surface area (Å²) in [5.41, 5.74) is 2.66. The van der Waals surface area contributed by atoms with E-state index in [4.69, 9.17) is 9.47 Å². The lowest BCUT2D eigenvalue weighted by molar-refractivity contribution is -0.116. The van der Waals surface area contributed by atoms with Crippen LogP contribution in [0.4, 0.5) is 5.69 Å². The monoisotopic (exact) mass is 380 g/mol. The van der Waals surface area contributed by atoms with E-state index >= 15 is 0 Å². The number of benzene rings is 2. The lowest BCUT2D eigenvalue weighted by Gasteiger charge is -2.17. The first kappa shape index (κ1) is 18.3. The molecule has 0 bridgehead atoms. The molecule has 2 aromatic rings. The summed E-state index contributed by atoms with van der Waals surface area (Å²) in [6.07, 6.45) is 3.42. The number of fused-ring (bicyclic) bond motifs is 1. The van der Waals surface area contributed by atoms with Gasteiger partial charge in [0.15, 0.2) is 0 Å². The van der Waals surface area contributed by atoms with Gasteiger partial charge in [-0.25, -0.2) is 0 Å². The van der Waals surface area contributed by atoms with Crippen LogP contribution < -0.4 is 14.8 Å². The van der Waals surface area contributed by atoms with Crippen molar-refractivity contribution in [1.82, 2.24) is 4.90 Å². The number of likely N-dealkylation sites (tertiary alicyclic amines) is 1. The number of amides is 2. The third kappa shape index (κ3) is 4.27. The number of carbonyl (C=O) groups is 2. The van der Waals surface area contributed by atoms with Crippen LogP contribution in [0.1, 0.15) is 35.2 Å². The van der Waals surface area contributed by atoms with Crippen LogP contribution in [-0.4, -0.2) is 43.0 Å². The smallest absolute Gasteiger partial charge is 0.253 e. The summed E-state index contributed by atoms with van der Waals surface area (Å²) in [5, 5.41) is 2.86. The second-order valence-electron chi connectivity index (χ2n) is 7.09. The summed E-state index contributed by atoms with van der Waals surface area (Å²) in [6, 6.07) is 13.0. The number of anilines is 1. The molecule has 0 aliphatic carbocycles. The summed E-state index contributed by atoms with van der Waals surface area (Å²) in [6.45, 7) is 2.53. The van der Waals surface area contributed by atoms with E-state index in [9.17, 15) is 9.59 Å². The number of aryl methyl sites for hydroxylation is 1. The molecule has 1 fully saturated rings. The molecule has 1 N–H and O–H groups in total. The Bertz CT molecular complexity index is 857. The maximum atomic E-state index is 12.3. The first-order chi connectivity index (χ1) is 13.7. The average Bonchev–Trinajstić information content (AvgIpc) is 3.26. The number of carbonyl (C=O) groups excluding carboxylic acids is 2. The minimum absolute atomic E-state index is 0.0581. The zero-order valence-corrected chi connectivity index (χ0v) is 15.8. The minimum atomic E-state index is 0.0581. The van der Waals surface area contributed by atoms with E-state index in [1.54, 1.807) is 0 Å². The first-order valence-corrected chi connectivity index (χ1v) is 9.77. The normalized spacial score (nSPS) is 15.7. The second-order valence-corrected chi connectivity index (χ2v) is 7.09. The van der Waals surface area contributed by atoms with E-state index in [2.05, 4.69) is 5.32 Å². The molecule has 0 saturated carbocycles. The molecule has 6 heteroatoms. The van der Waals surface area contributed by atoms with Crippen molar-refractivity contribution in [3.63, 3.8) is 0 Å². The number of rotatable bonds is 6. The van der Waals surface area contributed by atoms with Gasteiger partial charge in [0.2, 0.25) is 5.91 Å². The molecule has 2 aromatic carbocycles. The van der Waals surface area contributed by atoms with Crippen molar-refractivity contribution in [2.24, 2.45) is 0 Å². The van der Waals surface area contributed by atoms with Crippen molar-refractivity contribution >= 4 is 17.5 Å². The molecule has 28 heavy (non-hydrogen) atoms. The largest absolute Gasteiger partial charge is 0.490 e. The Morgan fingerprint density at radius 2 is 1.61 bits per heavy atom. The van der Waals surface area contributed by atoms with Gasteiger partial charge in [-0.3, -0.25) is 9.59 Å². The zero-order valence-electron chi connectivity index (χ0n) is 15.8. The third-order valence-electron chi connectivity index (χ3n) is 5.09. The molecular formula is C22H24N2O4. The molecule has 0 spiro atoms. The fourth-order valence-electron chi connectivity index (χ4n) is 3.57. The molecule has 2 aliphatic rings. The Labute approximate surface area is 164 Å².